The minimum absolute atomic E-state index is 0.190. The summed E-state index contributed by atoms with van der Waals surface area (Å²) in [5, 5.41) is 7.76. The Labute approximate surface area is 164 Å². The third-order valence-electron chi connectivity index (χ3n) is 3.24. The number of thiophene rings is 1. The standard InChI is InChI=1S/C17H20FNS.C2H6OS.C2H4/c1-3-4-13(2)17(15-9-10-20-12-15)19-11-14-5-7-16(18)8-6-14;1-4(2)3;1-2/h5-10,12,19H,3-4,11H2,1-2H3;1-2H3;1-2H2/b17-13-;;. The highest BCUT2D eigenvalue weighted by atomic mass is 32.2. The molecule has 0 saturated carbocycles. The van der Waals surface area contributed by atoms with Crippen molar-refractivity contribution in [1.82, 2.24) is 5.32 Å². The van der Waals surface area contributed by atoms with Crippen LogP contribution < -0.4 is 5.32 Å². The first-order chi connectivity index (χ1) is 12.4. The Balaban J connectivity index is 0.000000920. The summed E-state index contributed by atoms with van der Waals surface area (Å²) in [5.41, 5.74) is 4.90. The van der Waals surface area contributed by atoms with Crippen LogP contribution in [0.1, 0.15) is 37.8 Å². The van der Waals surface area contributed by atoms with Crippen LogP contribution in [0.25, 0.3) is 5.70 Å². The molecule has 0 spiro atoms. The smallest absolute Gasteiger partial charge is 0.123 e. The van der Waals surface area contributed by atoms with Crippen molar-refractivity contribution in [2.24, 2.45) is 0 Å². The highest BCUT2D eigenvalue weighted by Crippen LogP contribution is 2.22. The van der Waals surface area contributed by atoms with Crippen molar-refractivity contribution < 1.29 is 8.60 Å². The molecule has 0 aliphatic heterocycles. The van der Waals surface area contributed by atoms with Crippen molar-refractivity contribution in [2.45, 2.75) is 33.2 Å². The molecule has 1 N–H and O–H groups in total. The van der Waals surface area contributed by atoms with E-state index in [0.717, 1.165) is 18.4 Å². The van der Waals surface area contributed by atoms with Gasteiger partial charge in [0.15, 0.2) is 0 Å². The summed E-state index contributed by atoms with van der Waals surface area (Å²) in [7, 11) is -0.611. The van der Waals surface area contributed by atoms with E-state index in [-0.39, 0.29) is 5.82 Å². The molecule has 1 aromatic heterocycles. The van der Waals surface area contributed by atoms with E-state index in [1.54, 1.807) is 23.8 Å². The number of nitrogens with one attached hydrogen (secondary N) is 1. The zero-order chi connectivity index (χ0) is 19.9. The first-order valence-corrected chi connectivity index (χ1v) is 11.3. The van der Waals surface area contributed by atoms with Crippen LogP contribution in [0.3, 0.4) is 0 Å². The molecule has 0 atom stereocenters. The molecule has 0 amide bonds. The third-order valence-corrected chi connectivity index (χ3v) is 3.93. The van der Waals surface area contributed by atoms with E-state index in [4.69, 9.17) is 0 Å². The highest BCUT2D eigenvalue weighted by molar-refractivity contribution is 7.83. The van der Waals surface area contributed by atoms with E-state index in [2.05, 4.69) is 49.1 Å². The molecule has 0 fully saturated rings. The van der Waals surface area contributed by atoms with Crippen LogP contribution in [-0.4, -0.2) is 16.7 Å². The SMILES string of the molecule is C=C.CCC/C(C)=C(\NCc1ccc(F)cc1)c1ccsc1.CS(C)=O. The van der Waals surface area contributed by atoms with Crippen molar-refractivity contribution in [3.8, 4) is 0 Å². The van der Waals surface area contributed by atoms with Crippen molar-refractivity contribution in [3.05, 3.63) is 76.8 Å². The first-order valence-electron chi connectivity index (χ1n) is 8.39. The van der Waals surface area contributed by atoms with Gasteiger partial charge in [0.2, 0.25) is 0 Å². The molecule has 144 valence electrons. The molecule has 2 nitrogen and oxygen atoms in total. The monoisotopic (exact) mass is 395 g/mol. The lowest BCUT2D eigenvalue weighted by atomic mass is 10.1. The second kappa shape index (κ2) is 14.4. The fourth-order valence-corrected chi connectivity index (χ4v) is 2.85. The summed E-state index contributed by atoms with van der Waals surface area (Å²) in [6.45, 7) is 11.1. The molecule has 2 rings (SSSR count). The summed E-state index contributed by atoms with van der Waals surface area (Å²) in [5.74, 6) is -0.190. The van der Waals surface area contributed by atoms with Gasteiger partial charge in [-0.2, -0.15) is 11.3 Å². The molecule has 0 bridgehead atoms. The van der Waals surface area contributed by atoms with Crippen LogP contribution in [0.15, 0.2) is 59.8 Å². The molecule has 0 radical (unpaired) electrons. The Bertz CT molecular complexity index is 660. The average Bonchev–Trinajstić information content (AvgIpc) is 3.13. The summed E-state index contributed by atoms with van der Waals surface area (Å²) in [6, 6.07) is 8.79. The maximum Gasteiger partial charge on any atom is 0.123 e. The van der Waals surface area contributed by atoms with E-state index in [1.807, 2.05) is 12.1 Å². The first kappa shape index (κ1) is 24.3. The van der Waals surface area contributed by atoms with Crippen LogP contribution >= 0.6 is 11.3 Å². The zero-order valence-corrected chi connectivity index (χ0v) is 17.8. The summed E-state index contributed by atoms with van der Waals surface area (Å²) in [6.07, 6.45) is 5.50. The Hall–Kier alpha value is -1.72. The van der Waals surface area contributed by atoms with Crippen molar-refractivity contribution in [2.75, 3.05) is 12.5 Å². The van der Waals surface area contributed by atoms with Gasteiger partial charge in [0, 0.05) is 41.1 Å². The van der Waals surface area contributed by atoms with Crippen molar-refractivity contribution in [3.63, 3.8) is 0 Å². The molecule has 2 aromatic rings. The summed E-state index contributed by atoms with van der Waals surface area (Å²) < 4.78 is 22.5. The lowest BCUT2D eigenvalue weighted by molar-refractivity contribution is 0.626. The van der Waals surface area contributed by atoms with Crippen molar-refractivity contribution in [1.29, 1.82) is 0 Å². The highest BCUT2D eigenvalue weighted by Gasteiger charge is 2.06. The van der Waals surface area contributed by atoms with Gasteiger partial charge in [-0.3, -0.25) is 4.21 Å². The number of rotatable bonds is 6. The maximum absolute atomic E-state index is 12.9. The normalized spacial score (nSPS) is 10.8. The summed E-state index contributed by atoms with van der Waals surface area (Å²) in [4.78, 5) is 0. The van der Waals surface area contributed by atoms with Gasteiger partial charge < -0.3 is 5.32 Å². The van der Waals surface area contributed by atoms with E-state index in [1.165, 1.54) is 29.0 Å². The lowest BCUT2D eigenvalue weighted by Crippen LogP contribution is -2.13. The number of hydrogen-bond donors (Lipinski definition) is 1. The lowest BCUT2D eigenvalue weighted by Gasteiger charge is -2.14. The largest absolute Gasteiger partial charge is 0.381 e. The van der Waals surface area contributed by atoms with Gasteiger partial charge >= 0.3 is 0 Å². The van der Waals surface area contributed by atoms with E-state index < -0.39 is 10.8 Å². The van der Waals surface area contributed by atoms with Crippen LogP contribution in [-0.2, 0) is 17.3 Å². The predicted molar refractivity (Wildman–Crippen MR) is 116 cm³/mol. The Morgan fingerprint density at radius 2 is 1.77 bits per heavy atom. The topological polar surface area (TPSA) is 29.1 Å². The minimum Gasteiger partial charge on any atom is -0.381 e. The number of benzene rings is 1. The number of allylic oxidation sites excluding steroid dienone is 1. The van der Waals surface area contributed by atoms with Gasteiger partial charge in [0.1, 0.15) is 5.82 Å². The van der Waals surface area contributed by atoms with Gasteiger partial charge in [0.05, 0.1) is 0 Å². The zero-order valence-electron chi connectivity index (χ0n) is 16.2. The molecule has 0 aliphatic rings. The fourth-order valence-electron chi connectivity index (χ4n) is 2.20. The summed E-state index contributed by atoms with van der Waals surface area (Å²) >= 11 is 1.70. The van der Waals surface area contributed by atoms with Gasteiger partial charge in [0.25, 0.3) is 0 Å². The molecule has 5 heteroatoms. The molecule has 1 aromatic carbocycles. The van der Waals surface area contributed by atoms with Gasteiger partial charge in [-0.05, 0) is 53.4 Å². The van der Waals surface area contributed by atoms with Crippen LogP contribution in [0, 0.1) is 5.82 Å². The van der Waals surface area contributed by atoms with E-state index in [0.29, 0.717) is 6.54 Å². The molecule has 26 heavy (non-hydrogen) atoms. The minimum atomic E-state index is -0.611. The Kier molecular flexibility index (Phi) is 13.5. The number of halogens is 1. The fraction of sp³-hybridized carbons (Fsp3) is 0.333. The number of hydrogen-bond acceptors (Lipinski definition) is 3. The predicted octanol–water partition coefficient (Wildman–Crippen LogP) is 6.01. The quantitative estimate of drug-likeness (QED) is 0.607. The molecular weight excluding hydrogens is 365 g/mol. The maximum atomic E-state index is 12.9. The molecule has 0 saturated heterocycles. The van der Waals surface area contributed by atoms with Crippen LogP contribution in [0.4, 0.5) is 4.39 Å². The Morgan fingerprint density at radius 3 is 2.23 bits per heavy atom. The molecule has 1 heterocycles. The van der Waals surface area contributed by atoms with Crippen LogP contribution in [0.5, 0.6) is 0 Å². The van der Waals surface area contributed by atoms with Gasteiger partial charge in [-0.1, -0.05) is 25.5 Å². The van der Waals surface area contributed by atoms with E-state index in [9.17, 15) is 8.60 Å². The van der Waals surface area contributed by atoms with Crippen LogP contribution in [0.2, 0.25) is 0 Å². The third kappa shape index (κ3) is 10.3. The second-order valence-corrected chi connectivity index (χ2v) is 7.90. The second-order valence-electron chi connectivity index (χ2n) is 5.64. The average molecular weight is 396 g/mol. The van der Waals surface area contributed by atoms with Crippen molar-refractivity contribution >= 4 is 27.8 Å². The Morgan fingerprint density at radius 1 is 1.19 bits per heavy atom. The molecule has 0 aliphatic carbocycles. The van der Waals surface area contributed by atoms with Gasteiger partial charge in [-0.25, -0.2) is 4.39 Å². The molecule has 0 unspecified atom stereocenters. The molecular formula is C21H30FNOS2. The van der Waals surface area contributed by atoms with E-state index >= 15 is 0 Å². The van der Waals surface area contributed by atoms with Gasteiger partial charge in [-0.15, -0.1) is 13.2 Å².